The van der Waals surface area contributed by atoms with Crippen LogP contribution >= 0.6 is 39.1 Å². The van der Waals surface area contributed by atoms with E-state index in [4.69, 9.17) is 27.9 Å². The van der Waals surface area contributed by atoms with Crippen LogP contribution < -0.4 is 4.90 Å². The second-order valence-electron chi connectivity index (χ2n) is 8.38. The van der Waals surface area contributed by atoms with Crippen LogP contribution in [0.2, 0.25) is 10.0 Å². The first-order valence-corrected chi connectivity index (χ1v) is 10.9. The van der Waals surface area contributed by atoms with E-state index in [1.165, 1.54) is 0 Å². The van der Waals surface area contributed by atoms with Gasteiger partial charge in [0, 0.05) is 18.5 Å². The van der Waals surface area contributed by atoms with Crippen molar-refractivity contribution >= 4 is 61.9 Å². The fourth-order valence-electron chi connectivity index (χ4n) is 4.06. The molecule has 3 heterocycles. The maximum absolute atomic E-state index is 14.2. The number of fused-ring (bicyclic) bond motifs is 3. The summed E-state index contributed by atoms with van der Waals surface area (Å²) < 4.78 is 20.3. The van der Waals surface area contributed by atoms with Crippen molar-refractivity contribution in [3.63, 3.8) is 0 Å². The normalized spacial score (nSPS) is 21.8. The highest BCUT2D eigenvalue weighted by Crippen LogP contribution is 2.41. The van der Waals surface area contributed by atoms with Crippen LogP contribution in [0.1, 0.15) is 33.6 Å². The average Bonchev–Trinajstić information content (AvgIpc) is 2.89. The Balaban J connectivity index is 1.68. The standard InChI is InChI=1S/C19H20BrCl2FN4O2/c1-19(2,3)29-18(28)27-9-4-5-10(27)8-26(7-9)16-11-6-12(21)13(20)14(22)15(11)24-17(23)25-16/h6,9-10H,4-5,7-8H2,1-3H3. The van der Waals surface area contributed by atoms with Gasteiger partial charge < -0.3 is 9.64 Å². The predicted octanol–water partition coefficient (Wildman–Crippen LogP) is 5.43. The molecule has 1 aromatic heterocycles. The largest absolute Gasteiger partial charge is 0.444 e. The third kappa shape index (κ3) is 3.86. The van der Waals surface area contributed by atoms with Crippen LogP contribution in [0.25, 0.3) is 10.9 Å². The van der Waals surface area contributed by atoms with E-state index in [1.54, 1.807) is 6.07 Å². The molecule has 2 aromatic rings. The fraction of sp³-hybridized carbons (Fsp3) is 0.526. The number of ether oxygens (including phenoxy) is 1. The van der Waals surface area contributed by atoms with E-state index < -0.39 is 11.7 Å². The Morgan fingerprint density at radius 1 is 1.24 bits per heavy atom. The number of anilines is 1. The van der Waals surface area contributed by atoms with Gasteiger partial charge in [0.05, 0.1) is 32.1 Å². The van der Waals surface area contributed by atoms with Crippen LogP contribution in [0.5, 0.6) is 0 Å². The number of aromatic nitrogens is 2. The molecule has 1 amide bonds. The number of hydrogen-bond donors (Lipinski definition) is 0. The van der Waals surface area contributed by atoms with Crippen LogP contribution in [-0.2, 0) is 4.74 Å². The Bertz CT molecular complexity index is 987. The highest BCUT2D eigenvalue weighted by molar-refractivity contribution is 9.10. The molecular formula is C19H20BrCl2FN4O2. The van der Waals surface area contributed by atoms with Crippen LogP contribution in [0.15, 0.2) is 10.5 Å². The summed E-state index contributed by atoms with van der Waals surface area (Å²) in [6, 6.07) is 1.63. The van der Waals surface area contributed by atoms with Crippen molar-refractivity contribution in [2.45, 2.75) is 51.3 Å². The van der Waals surface area contributed by atoms with Gasteiger partial charge in [0.15, 0.2) is 0 Å². The summed E-state index contributed by atoms with van der Waals surface area (Å²) in [4.78, 5) is 24.4. The molecule has 0 N–H and O–H groups in total. The number of halogens is 4. The first-order chi connectivity index (χ1) is 13.5. The first-order valence-electron chi connectivity index (χ1n) is 9.32. The topological polar surface area (TPSA) is 58.6 Å². The van der Waals surface area contributed by atoms with Crippen LogP contribution in [-0.4, -0.2) is 51.7 Å². The number of nitrogens with zero attached hydrogens (tertiary/aromatic N) is 4. The van der Waals surface area contributed by atoms with E-state index in [0.29, 0.717) is 39.3 Å². The molecule has 2 fully saturated rings. The Hall–Kier alpha value is -1.38. The lowest BCUT2D eigenvalue weighted by Crippen LogP contribution is -2.57. The molecule has 2 aliphatic heterocycles. The Labute approximate surface area is 186 Å². The van der Waals surface area contributed by atoms with Crippen molar-refractivity contribution in [2.75, 3.05) is 18.0 Å². The number of piperazine rings is 1. The number of carbonyl (C=O) groups excluding carboxylic acids is 1. The predicted molar refractivity (Wildman–Crippen MR) is 114 cm³/mol. The molecule has 0 aliphatic carbocycles. The third-order valence-corrected chi connectivity index (χ3v) is 7.11. The lowest BCUT2D eigenvalue weighted by atomic mass is 10.1. The van der Waals surface area contributed by atoms with Crippen molar-refractivity contribution in [3.05, 3.63) is 26.7 Å². The number of rotatable bonds is 1. The second-order valence-corrected chi connectivity index (χ2v) is 9.95. The maximum atomic E-state index is 14.2. The van der Waals surface area contributed by atoms with Gasteiger partial charge in [-0.25, -0.2) is 9.78 Å². The van der Waals surface area contributed by atoms with Crippen molar-refractivity contribution in [1.29, 1.82) is 0 Å². The van der Waals surface area contributed by atoms with E-state index in [0.717, 1.165) is 12.8 Å². The number of carbonyl (C=O) groups is 1. The summed E-state index contributed by atoms with van der Waals surface area (Å²) >= 11 is 15.9. The van der Waals surface area contributed by atoms with Gasteiger partial charge in [-0.1, -0.05) is 23.2 Å². The second kappa shape index (κ2) is 7.39. The zero-order valence-electron chi connectivity index (χ0n) is 16.2. The van der Waals surface area contributed by atoms with Gasteiger partial charge in [-0.05, 0) is 55.6 Å². The minimum Gasteiger partial charge on any atom is -0.444 e. The minimum atomic E-state index is -0.856. The molecule has 2 atom stereocenters. The average molecular weight is 506 g/mol. The molecule has 4 rings (SSSR count). The fourth-order valence-corrected chi connectivity index (χ4v) is 4.86. The summed E-state index contributed by atoms with van der Waals surface area (Å²) in [6.45, 7) is 6.60. The number of benzene rings is 1. The molecule has 156 valence electrons. The smallest absolute Gasteiger partial charge is 0.410 e. The molecule has 0 spiro atoms. The van der Waals surface area contributed by atoms with E-state index in [9.17, 15) is 9.18 Å². The van der Waals surface area contributed by atoms with Gasteiger partial charge in [-0.15, -0.1) is 0 Å². The molecule has 2 unspecified atom stereocenters. The Morgan fingerprint density at radius 3 is 2.45 bits per heavy atom. The summed E-state index contributed by atoms with van der Waals surface area (Å²) in [5, 5.41) is 1.22. The van der Waals surface area contributed by atoms with Crippen molar-refractivity contribution in [1.82, 2.24) is 14.9 Å². The lowest BCUT2D eigenvalue weighted by molar-refractivity contribution is 0.0123. The number of amides is 1. The first kappa shape index (κ1) is 20.9. The van der Waals surface area contributed by atoms with Gasteiger partial charge >= 0.3 is 12.2 Å². The van der Waals surface area contributed by atoms with Gasteiger partial charge in [-0.3, -0.25) is 4.90 Å². The van der Waals surface area contributed by atoms with Gasteiger partial charge in [0.1, 0.15) is 11.4 Å². The molecule has 0 saturated carbocycles. The summed E-state index contributed by atoms with van der Waals surface area (Å²) in [5.74, 6) is 0.435. The number of hydrogen-bond acceptors (Lipinski definition) is 5. The van der Waals surface area contributed by atoms with E-state index in [2.05, 4.69) is 25.9 Å². The summed E-state index contributed by atoms with van der Waals surface area (Å²) in [7, 11) is 0. The highest BCUT2D eigenvalue weighted by Gasteiger charge is 2.45. The van der Waals surface area contributed by atoms with Crippen LogP contribution in [0.3, 0.4) is 0 Å². The summed E-state index contributed by atoms with van der Waals surface area (Å²) in [6.07, 6.45) is 0.557. The molecule has 2 saturated heterocycles. The van der Waals surface area contributed by atoms with Crippen molar-refractivity contribution in [3.8, 4) is 0 Å². The van der Waals surface area contributed by atoms with E-state index >= 15 is 0 Å². The molecular weight excluding hydrogens is 486 g/mol. The molecule has 0 radical (unpaired) electrons. The van der Waals surface area contributed by atoms with Crippen LogP contribution in [0.4, 0.5) is 15.0 Å². The zero-order valence-corrected chi connectivity index (χ0v) is 19.3. The van der Waals surface area contributed by atoms with Gasteiger partial charge in [-0.2, -0.15) is 9.37 Å². The third-order valence-electron chi connectivity index (χ3n) is 5.17. The quantitative estimate of drug-likeness (QED) is 0.382. The van der Waals surface area contributed by atoms with Crippen molar-refractivity contribution < 1.29 is 13.9 Å². The molecule has 2 aliphatic rings. The Kier molecular flexibility index (Phi) is 5.32. The van der Waals surface area contributed by atoms with E-state index in [-0.39, 0.29) is 23.2 Å². The van der Waals surface area contributed by atoms with Gasteiger partial charge in [0.25, 0.3) is 0 Å². The minimum absolute atomic E-state index is 0.0296. The molecule has 10 heteroatoms. The SMILES string of the molecule is CC(C)(C)OC(=O)N1C2CCC1CN(c1nc(F)nc3c(Cl)c(Br)c(Cl)cc13)C2. The van der Waals surface area contributed by atoms with Crippen molar-refractivity contribution in [2.24, 2.45) is 0 Å². The molecule has 29 heavy (non-hydrogen) atoms. The highest BCUT2D eigenvalue weighted by atomic mass is 79.9. The summed E-state index contributed by atoms with van der Waals surface area (Å²) in [5.41, 5.74) is -0.257. The molecule has 1 aromatic carbocycles. The monoisotopic (exact) mass is 504 g/mol. The molecule has 2 bridgehead atoms. The molecule has 6 nitrogen and oxygen atoms in total. The van der Waals surface area contributed by atoms with Gasteiger partial charge in [0.2, 0.25) is 0 Å². The van der Waals surface area contributed by atoms with E-state index in [1.807, 2.05) is 30.6 Å². The maximum Gasteiger partial charge on any atom is 0.410 e. The zero-order chi connectivity index (χ0) is 21.1. The lowest BCUT2D eigenvalue weighted by Gasteiger charge is -2.42. The van der Waals surface area contributed by atoms with Crippen LogP contribution in [0, 0.1) is 6.08 Å². The Morgan fingerprint density at radius 2 is 1.86 bits per heavy atom.